The van der Waals surface area contributed by atoms with Crippen LogP contribution in [0.5, 0.6) is 0 Å². The smallest absolute Gasteiger partial charge is 0.222 e. The number of aliphatic hydroxyl groups is 1. The maximum Gasteiger partial charge on any atom is 0.222 e. The summed E-state index contributed by atoms with van der Waals surface area (Å²) in [7, 11) is 0. The van der Waals surface area contributed by atoms with Gasteiger partial charge in [-0.25, -0.2) is 9.97 Å². The maximum absolute atomic E-state index is 9.59. The van der Waals surface area contributed by atoms with Crippen LogP contribution in [0.3, 0.4) is 0 Å². The molecule has 0 saturated carbocycles. The second kappa shape index (κ2) is 2.99. The fourth-order valence-electron chi connectivity index (χ4n) is 0.846. The third-order valence-electron chi connectivity index (χ3n) is 1.45. The molecule has 0 amide bonds. The highest BCUT2D eigenvalue weighted by Gasteiger charge is 2.18. The highest BCUT2D eigenvalue weighted by Crippen LogP contribution is 2.18. The highest BCUT2D eigenvalue weighted by atomic mass is 35.5. The van der Waals surface area contributed by atoms with Gasteiger partial charge in [0.15, 0.2) is 0 Å². The zero-order chi connectivity index (χ0) is 9.35. The van der Waals surface area contributed by atoms with Gasteiger partial charge in [-0.1, -0.05) is 0 Å². The van der Waals surface area contributed by atoms with Crippen molar-refractivity contribution in [2.75, 3.05) is 0 Å². The van der Waals surface area contributed by atoms with E-state index >= 15 is 0 Å². The molecule has 4 heteroatoms. The van der Waals surface area contributed by atoms with Crippen LogP contribution in [0.2, 0.25) is 5.28 Å². The summed E-state index contributed by atoms with van der Waals surface area (Å²) in [5, 5.41) is 9.76. The molecular weight excluding hydrogens is 176 g/mol. The van der Waals surface area contributed by atoms with Gasteiger partial charge in [0.1, 0.15) is 5.60 Å². The minimum atomic E-state index is -0.961. The Balaban J connectivity index is 3.18. The second-order valence-electron chi connectivity index (χ2n) is 3.22. The topological polar surface area (TPSA) is 46.0 Å². The maximum atomic E-state index is 9.59. The molecule has 0 bridgehead atoms. The molecule has 0 spiro atoms. The molecule has 0 saturated heterocycles. The molecule has 1 rings (SSSR count). The Bertz CT molecular complexity index is 273. The van der Waals surface area contributed by atoms with Crippen molar-refractivity contribution < 1.29 is 5.11 Å². The highest BCUT2D eigenvalue weighted by molar-refractivity contribution is 6.28. The van der Waals surface area contributed by atoms with Gasteiger partial charge in [0.25, 0.3) is 0 Å². The van der Waals surface area contributed by atoms with E-state index in [4.69, 9.17) is 11.6 Å². The summed E-state index contributed by atoms with van der Waals surface area (Å²) in [5.74, 6) is 0. The summed E-state index contributed by atoms with van der Waals surface area (Å²) in [6, 6.07) is 1.71. The van der Waals surface area contributed by atoms with Gasteiger partial charge in [0, 0.05) is 5.69 Å². The molecule has 0 fully saturated rings. The molecule has 0 aliphatic carbocycles. The van der Waals surface area contributed by atoms with E-state index in [0.29, 0.717) is 5.69 Å². The van der Waals surface area contributed by atoms with Crippen LogP contribution in [0.4, 0.5) is 0 Å². The lowest BCUT2D eigenvalue weighted by Gasteiger charge is -2.16. The molecule has 0 radical (unpaired) electrons. The minimum absolute atomic E-state index is 0.173. The van der Waals surface area contributed by atoms with Gasteiger partial charge in [0.05, 0.1) is 5.69 Å². The van der Waals surface area contributed by atoms with Crippen molar-refractivity contribution in [3.63, 3.8) is 0 Å². The number of halogens is 1. The van der Waals surface area contributed by atoms with E-state index in [9.17, 15) is 5.11 Å². The van der Waals surface area contributed by atoms with Gasteiger partial charge in [-0.15, -0.1) is 0 Å². The van der Waals surface area contributed by atoms with Crippen LogP contribution in [-0.2, 0) is 5.60 Å². The first-order valence-electron chi connectivity index (χ1n) is 3.63. The lowest BCUT2D eigenvalue weighted by molar-refractivity contribution is 0.0736. The van der Waals surface area contributed by atoms with Gasteiger partial charge >= 0.3 is 0 Å². The zero-order valence-electron chi connectivity index (χ0n) is 7.30. The minimum Gasteiger partial charge on any atom is -0.384 e. The van der Waals surface area contributed by atoms with E-state index < -0.39 is 5.60 Å². The first-order chi connectivity index (χ1) is 5.39. The normalized spacial score (nSPS) is 11.8. The van der Waals surface area contributed by atoms with Gasteiger partial charge in [0.2, 0.25) is 5.28 Å². The molecule has 1 aromatic heterocycles. The summed E-state index contributed by atoms with van der Waals surface area (Å²) >= 11 is 5.62. The largest absolute Gasteiger partial charge is 0.384 e. The Labute approximate surface area is 76.4 Å². The molecule has 0 unspecified atom stereocenters. The number of hydrogen-bond donors (Lipinski definition) is 1. The van der Waals surface area contributed by atoms with E-state index in [1.165, 1.54) is 0 Å². The van der Waals surface area contributed by atoms with Crippen molar-refractivity contribution in [2.45, 2.75) is 26.4 Å². The summed E-state index contributed by atoms with van der Waals surface area (Å²) in [5.41, 5.74) is 0.337. The lowest BCUT2D eigenvalue weighted by atomic mass is 10.1. The average Bonchev–Trinajstić information content (AvgIpc) is 1.82. The fraction of sp³-hybridized carbons (Fsp3) is 0.500. The Kier molecular flexibility index (Phi) is 2.35. The zero-order valence-corrected chi connectivity index (χ0v) is 8.05. The molecule has 1 N–H and O–H groups in total. The van der Waals surface area contributed by atoms with Crippen molar-refractivity contribution >= 4 is 11.6 Å². The van der Waals surface area contributed by atoms with Crippen LogP contribution in [0.15, 0.2) is 6.07 Å². The SMILES string of the molecule is Cc1cc(C(C)(C)O)nc(Cl)n1. The molecule has 0 atom stereocenters. The monoisotopic (exact) mass is 186 g/mol. The molecule has 1 heterocycles. The lowest BCUT2D eigenvalue weighted by Crippen LogP contribution is -2.18. The quantitative estimate of drug-likeness (QED) is 0.679. The first-order valence-corrected chi connectivity index (χ1v) is 4.01. The van der Waals surface area contributed by atoms with E-state index in [2.05, 4.69) is 9.97 Å². The third-order valence-corrected chi connectivity index (χ3v) is 1.62. The van der Waals surface area contributed by atoms with Crippen LogP contribution in [0.1, 0.15) is 25.2 Å². The fourth-order valence-corrected chi connectivity index (χ4v) is 1.07. The van der Waals surface area contributed by atoms with E-state index in [0.717, 1.165) is 5.69 Å². The number of nitrogens with zero attached hydrogens (tertiary/aromatic N) is 2. The molecule has 0 aromatic carbocycles. The molecule has 12 heavy (non-hydrogen) atoms. The van der Waals surface area contributed by atoms with Crippen molar-refractivity contribution in [3.05, 3.63) is 22.7 Å². The summed E-state index contributed by atoms with van der Waals surface area (Å²) in [6.45, 7) is 5.12. The molecule has 0 aliphatic heterocycles. The summed E-state index contributed by atoms with van der Waals surface area (Å²) in [6.07, 6.45) is 0. The number of hydrogen-bond acceptors (Lipinski definition) is 3. The van der Waals surface area contributed by atoms with Crippen LogP contribution < -0.4 is 0 Å². The van der Waals surface area contributed by atoms with Crippen molar-refractivity contribution in [3.8, 4) is 0 Å². The number of rotatable bonds is 1. The van der Waals surface area contributed by atoms with Crippen LogP contribution in [-0.4, -0.2) is 15.1 Å². The number of aromatic nitrogens is 2. The Morgan fingerprint density at radius 1 is 1.42 bits per heavy atom. The van der Waals surface area contributed by atoms with Crippen LogP contribution >= 0.6 is 11.6 Å². The predicted molar refractivity (Wildman–Crippen MR) is 47.0 cm³/mol. The number of aryl methyl sites for hydroxylation is 1. The molecule has 1 aromatic rings. The third kappa shape index (κ3) is 2.16. The average molecular weight is 187 g/mol. The Morgan fingerprint density at radius 2 is 2.00 bits per heavy atom. The van der Waals surface area contributed by atoms with Gasteiger partial charge in [-0.2, -0.15) is 0 Å². The second-order valence-corrected chi connectivity index (χ2v) is 3.56. The van der Waals surface area contributed by atoms with E-state index in [-0.39, 0.29) is 5.28 Å². The Hall–Kier alpha value is -0.670. The molecule has 66 valence electrons. The van der Waals surface area contributed by atoms with Gasteiger partial charge in [-0.3, -0.25) is 0 Å². The first kappa shape index (κ1) is 9.42. The van der Waals surface area contributed by atoms with E-state index in [1.54, 1.807) is 19.9 Å². The Morgan fingerprint density at radius 3 is 2.42 bits per heavy atom. The van der Waals surface area contributed by atoms with Crippen LogP contribution in [0, 0.1) is 6.92 Å². The van der Waals surface area contributed by atoms with Crippen molar-refractivity contribution in [2.24, 2.45) is 0 Å². The molecular formula is C8H11ClN2O. The van der Waals surface area contributed by atoms with Gasteiger partial charge in [-0.05, 0) is 38.4 Å². The van der Waals surface area contributed by atoms with E-state index in [1.807, 2.05) is 6.92 Å². The van der Waals surface area contributed by atoms with Crippen LogP contribution in [0.25, 0.3) is 0 Å². The van der Waals surface area contributed by atoms with Crippen molar-refractivity contribution in [1.29, 1.82) is 0 Å². The predicted octanol–water partition coefficient (Wildman–Crippen LogP) is 1.67. The molecule has 3 nitrogen and oxygen atoms in total. The summed E-state index contributed by atoms with van der Waals surface area (Å²) < 4.78 is 0. The summed E-state index contributed by atoms with van der Waals surface area (Å²) in [4.78, 5) is 7.80. The standard InChI is InChI=1S/C8H11ClN2O/c1-5-4-6(8(2,3)12)11-7(9)10-5/h4,12H,1-3H3. The van der Waals surface area contributed by atoms with Gasteiger partial charge < -0.3 is 5.11 Å². The van der Waals surface area contributed by atoms with Crippen molar-refractivity contribution in [1.82, 2.24) is 9.97 Å². The molecule has 0 aliphatic rings.